The van der Waals surface area contributed by atoms with Crippen molar-refractivity contribution in [2.24, 2.45) is 0 Å². The number of amides is 1. The fourth-order valence-corrected chi connectivity index (χ4v) is 2.75. The molecule has 1 aromatic rings. The highest BCUT2D eigenvalue weighted by Gasteiger charge is 2.23. The van der Waals surface area contributed by atoms with Gasteiger partial charge in [0.05, 0.1) is 0 Å². The summed E-state index contributed by atoms with van der Waals surface area (Å²) in [5.41, 5.74) is 0. The van der Waals surface area contributed by atoms with Gasteiger partial charge in [0.1, 0.15) is 6.54 Å². The van der Waals surface area contributed by atoms with Crippen molar-refractivity contribution in [3.63, 3.8) is 0 Å². The molecule has 1 aliphatic rings. The molecule has 106 valence electrons. The van der Waals surface area contributed by atoms with Crippen molar-refractivity contribution >= 4 is 5.91 Å². The molecule has 2 atom stereocenters. The lowest BCUT2D eigenvalue weighted by molar-refractivity contribution is -0.122. The second-order valence-corrected chi connectivity index (χ2v) is 5.44. The van der Waals surface area contributed by atoms with Crippen LogP contribution in [-0.4, -0.2) is 45.8 Å². The molecule has 1 aromatic heterocycles. The summed E-state index contributed by atoms with van der Waals surface area (Å²) in [4.78, 5) is 14.3. The molecule has 5 heteroatoms. The third-order valence-corrected chi connectivity index (χ3v) is 3.88. The van der Waals surface area contributed by atoms with E-state index in [0.29, 0.717) is 25.2 Å². The van der Waals surface area contributed by atoms with Crippen molar-refractivity contribution in [3.05, 3.63) is 18.5 Å². The molecule has 0 saturated carbocycles. The number of carbonyl (C=O) groups is 1. The van der Waals surface area contributed by atoms with Crippen LogP contribution >= 0.6 is 0 Å². The summed E-state index contributed by atoms with van der Waals surface area (Å²) < 4.78 is 1.64. The molecule has 0 aliphatic carbocycles. The molecule has 19 heavy (non-hydrogen) atoms. The number of carbonyl (C=O) groups excluding carboxylic acids is 1. The van der Waals surface area contributed by atoms with Crippen LogP contribution in [0.4, 0.5) is 0 Å². The van der Waals surface area contributed by atoms with Gasteiger partial charge < -0.3 is 5.32 Å². The number of rotatable bonds is 5. The van der Waals surface area contributed by atoms with Gasteiger partial charge in [0.15, 0.2) is 0 Å². The third kappa shape index (κ3) is 4.06. The predicted octanol–water partition coefficient (Wildman–Crippen LogP) is 1.26. The Hall–Kier alpha value is -1.36. The maximum atomic E-state index is 11.8. The lowest BCUT2D eigenvalue weighted by atomic mass is 10.0. The zero-order valence-electron chi connectivity index (χ0n) is 11.9. The van der Waals surface area contributed by atoms with Gasteiger partial charge in [0, 0.05) is 31.0 Å². The quantitative estimate of drug-likeness (QED) is 0.871. The van der Waals surface area contributed by atoms with Crippen LogP contribution in [0.5, 0.6) is 0 Å². The maximum absolute atomic E-state index is 11.8. The zero-order valence-corrected chi connectivity index (χ0v) is 11.9. The minimum atomic E-state index is 0.0280. The fraction of sp³-hybridized carbons (Fsp3) is 0.714. The van der Waals surface area contributed by atoms with Crippen LogP contribution in [0.15, 0.2) is 18.5 Å². The highest BCUT2D eigenvalue weighted by molar-refractivity contribution is 5.75. The van der Waals surface area contributed by atoms with Gasteiger partial charge >= 0.3 is 0 Å². The first-order chi connectivity index (χ1) is 9.16. The van der Waals surface area contributed by atoms with Gasteiger partial charge in [0.2, 0.25) is 5.91 Å². The molecule has 2 heterocycles. The number of hydrogen-bond donors (Lipinski definition) is 1. The molecule has 0 spiro atoms. The molecular formula is C14H24N4O. The van der Waals surface area contributed by atoms with Crippen LogP contribution in [0, 0.1) is 0 Å². The van der Waals surface area contributed by atoms with E-state index in [-0.39, 0.29) is 5.91 Å². The monoisotopic (exact) mass is 264 g/mol. The minimum absolute atomic E-state index is 0.0280. The summed E-state index contributed by atoms with van der Waals surface area (Å²) in [5.74, 6) is 0.0280. The van der Waals surface area contributed by atoms with E-state index in [4.69, 9.17) is 0 Å². The smallest absolute Gasteiger partial charge is 0.241 e. The van der Waals surface area contributed by atoms with E-state index in [1.807, 2.05) is 6.07 Å². The highest BCUT2D eigenvalue weighted by atomic mass is 16.2. The van der Waals surface area contributed by atoms with Gasteiger partial charge in [-0.05, 0) is 39.3 Å². The van der Waals surface area contributed by atoms with E-state index in [1.54, 1.807) is 17.1 Å². The first-order valence-electron chi connectivity index (χ1n) is 7.16. The normalized spacial score (nSPS) is 22.1. The molecule has 1 aliphatic heterocycles. The summed E-state index contributed by atoms with van der Waals surface area (Å²) in [7, 11) is 0. The van der Waals surface area contributed by atoms with Crippen molar-refractivity contribution in [1.29, 1.82) is 0 Å². The molecule has 1 saturated heterocycles. The van der Waals surface area contributed by atoms with E-state index in [1.165, 1.54) is 19.3 Å². The van der Waals surface area contributed by atoms with Crippen LogP contribution in [0.2, 0.25) is 0 Å². The number of nitrogens with zero attached hydrogens (tertiary/aromatic N) is 3. The molecular weight excluding hydrogens is 240 g/mol. The Morgan fingerprint density at radius 1 is 1.53 bits per heavy atom. The summed E-state index contributed by atoms with van der Waals surface area (Å²) >= 11 is 0. The van der Waals surface area contributed by atoms with Crippen molar-refractivity contribution in [1.82, 2.24) is 20.0 Å². The molecule has 0 bridgehead atoms. The average molecular weight is 264 g/mol. The van der Waals surface area contributed by atoms with Crippen LogP contribution in [0.1, 0.15) is 33.1 Å². The van der Waals surface area contributed by atoms with Gasteiger partial charge in [-0.25, -0.2) is 0 Å². The zero-order chi connectivity index (χ0) is 13.7. The second-order valence-electron chi connectivity index (χ2n) is 5.44. The van der Waals surface area contributed by atoms with E-state index in [9.17, 15) is 4.79 Å². The fourth-order valence-electron chi connectivity index (χ4n) is 2.75. The number of likely N-dealkylation sites (tertiary alicyclic amines) is 1. The third-order valence-electron chi connectivity index (χ3n) is 3.88. The Balaban J connectivity index is 1.73. The highest BCUT2D eigenvalue weighted by Crippen LogP contribution is 2.18. The SMILES string of the molecule is CC1CCCCN1C(C)CNC(=O)Cn1cccn1. The number of nitrogens with one attached hydrogen (secondary N) is 1. The van der Waals surface area contributed by atoms with Gasteiger partial charge in [-0.15, -0.1) is 0 Å². The number of piperidine rings is 1. The topological polar surface area (TPSA) is 50.2 Å². The van der Waals surface area contributed by atoms with Gasteiger partial charge in [-0.1, -0.05) is 6.42 Å². The molecule has 0 aromatic carbocycles. The van der Waals surface area contributed by atoms with Crippen LogP contribution in [-0.2, 0) is 11.3 Å². The van der Waals surface area contributed by atoms with E-state index in [0.717, 1.165) is 6.54 Å². The number of aromatic nitrogens is 2. The summed E-state index contributed by atoms with van der Waals surface area (Å²) in [6.45, 7) is 6.63. The second kappa shape index (κ2) is 6.70. The average Bonchev–Trinajstić information content (AvgIpc) is 2.89. The molecule has 2 rings (SSSR count). The molecule has 5 nitrogen and oxygen atoms in total. The standard InChI is InChI=1S/C14H24N4O/c1-12-6-3-4-9-18(12)13(2)10-15-14(19)11-17-8-5-7-16-17/h5,7-8,12-13H,3-4,6,9-11H2,1-2H3,(H,15,19). The molecule has 1 amide bonds. The van der Waals surface area contributed by atoms with E-state index >= 15 is 0 Å². The molecule has 1 N–H and O–H groups in total. The van der Waals surface area contributed by atoms with Crippen LogP contribution in [0.3, 0.4) is 0 Å². The summed E-state index contributed by atoms with van der Waals surface area (Å²) in [6.07, 6.45) is 7.36. The molecule has 1 fully saturated rings. The maximum Gasteiger partial charge on any atom is 0.241 e. The lowest BCUT2D eigenvalue weighted by Crippen LogP contribution is -2.48. The Morgan fingerprint density at radius 3 is 3.05 bits per heavy atom. The Bertz CT molecular complexity index is 390. The molecule has 2 unspecified atom stereocenters. The van der Waals surface area contributed by atoms with Crippen LogP contribution < -0.4 is 5.32 Å². The Kier molecular flexibility index (Phi) is 4.96. The summed E-state index contributed by atoms with van der Waals surface area (Å²) in [6, 6.07) is 2.86. The van der Waals surface area contributed by atoms with Crippen molar-refractivity contribution in [3.8, 4) is 0 Å². The minimum Gasteiger partial charge on any atom is -0.353 e. The van der Waals surface area contributed by atoms with Crippen molar-refractivity contribution in [2.45, 2.75) is 51.7 Å². The number of hydrogen-bond acceptors (Lipinski definition) is 3. The predicted molar refractivity (Wildman–Crippen MR) is 74.7 cm³/mol. The van der Waals surface area contributed by atoms with Gasteiger partial charge in [-0.3, -0.25) is 14.4 Å². The first-order valence-corrected chi connectivity index (χ1v) is 7.16. The van der Waals surface area contributed by atoms with Crippen molar-refractivity contribution in [2.75, 3.05) is 13.1 Å². The van der Waals surface area contributed by atoms with Crippen molar-refractivity contribution < 1.29 is 4.79 Å². The molecule has 0 radical (unpaired) electrons. The Morgan fingerprint density at radius 2 is 2.37 bits per heavy atom. The lowest BCUT2D eigenvalue weighted by Gasteiger charge is -2.38. The van der Waals surface area contributed by atoms with E-state index in [2.05, 4.69) is 29.2 Å². The largest absolute Gasteiger partial charge is 0.353 e. The summed E-state index contributed by atoms with van der Waals surface area (Å²) in [5, 5.41) is 7.03. The first kappa shape index (κ1) is 14.1. The van der Waals surface area contributed by atoms with Gasteiger partial charge in [-0.2, -0.15) is 5.10 Å². The van der Waals surface area contributed by atoms with Crippen LogP contribution in [0.25, 0.3) is 0 Å². The van der Waals surface area contributed by atoms with E-state index < -0.39 is 0 Å². The Labute approximate surface area is 115 Å². The van der Waals surface area contributed by atoms with Gasteiger partial charge in [0.25, 0.3) is 0 Å².